The van der Waals surface area contributed by atoms with Crippen LogP contribution in [0.2, 0.25) is 5.02 Å². The normalized spacial score (nSPS) is 10.4. The van der Waals surface area contributed by atoms with Crippen LogP contribution in [0.4, 0.5) is 0 Å². The van der Waals surface area contributed by atoms with Gasteiger partial charge in [-0.15, -0.1) is 0 Å². The Morgan fingerprint density at radius 3 is 2.08 bits per heavy atom. The molecule has 0 saturated heterocycles. The van der Waals surface area contributed by atoms with E-state index in [9.17, 15) is 4.79 Å². The molecule has 0 radical (unpaired) electrons. The number of rotatable bonds is 6. The first-order valence-electron chi connectivity index (χ1n) is 7.44. The van der Waals surface area contributed by atoms with Crippen LogP contribution >= 0.6 is 11.6 Å². The highest BCUT2D eigenvalue weighted by molar-refractivity contribution is 6.36. The number of ketones is 1. The van der Waals surface area contributed by atoms with Gasteiger partial charge in [0.15, 0.2) is 11.5 Å². The van der Waals surface area contributed by atoms with E-state index in [2.05, 4.69) is 4.98 Å². The monoisotopic (exact) mass is 365 g/mol. The van der Waals surface area contributed by atoms with Crippen molar-refractivity contribution in [3.8, 4) is 23.1 Å². The number of pyridine rings is 1. The topological polar surface area (TPSA) is 66.9 Å². The van der Waals surface area contributed by atoms with Crippen LogP contribution in [-0.4, -0.2) is 39.2 Å². The second-order valence-electron chi connectivity index (χ2n) is 5.31. The van der Waals surface area contributed by atoms with Crippen molar-refractivity contribution in [1.82, 2.24) is 4.98 Å². The molecule has 0 N–H and O–H groups in total. The molecule has 0 bridgehead atoms. The van der Waals surface area contributed by atoms with Crippen LogP contribution < -0.4 is 18.9 Å². The third-order valence-electron chi connectivity index (χ3n) is 3.83. The number of hydrogen-bond acceptors (Lipinski definition) is 6. The number of halogens is 1. The number of aryl methyl sites for hydroxylation is 2. The van der Waals surface area contributed by atoms with Crippen molar-refractivity contribution in [2.45, 2.75) is 13.8 Å². The van der Waals surface area contributed by atoms with Crippen molar-refractivity contribution in [3.63, 3.8) is 0 Å². The second kappa shape index (κ2) is 7.61. The molecule has 0 atom stereocenters. The van der Waals surface area contributed by atoms with Crippen LogP contribution in [0.1, 0.15) is 27.0 Å². The third-order valence-corrected chi connectivity index (χ3v) is 4.32. The van der Waals surface area contributed by atoms with Gasteiger partial charge in [0.25, 0.3) is 0 Å². The van der Waals surface area contributed by atoms with Crippen LogP contribution in [0, 0.1) is 13.8 Å². The minimum atomic E-state index is -0.367. The quantitative estimate of drug-likeness (QED) is 0.728. The summed E-state index contributed by atoms with van der Waals surface area (Å²) < 4.78 is 21.3. The highest BCUT2D eigenvalue weighted by atomic mass is 35.5. The van der Waals surface area contributed by atoms with E-state index in [-0.39, 0.29) is 28.0 Å². The zero-order valence-corrected chi connectivity index (χ0v) is 15.8. The van der Waals surface area contributed by atoms with Gasteiger partial charge < -0.3 is 18.9 Å². The van der Waals surface area contributed by atoms with E-state index < -0.39 is 0 Å². The zero-order valence-electron chi connectivity index (χ0n) is 15.0. The molecule has 0 aliphatic heterocycles. The molecule has 1 aromatic carbocycles. The van der Waals surface area contributed by atoms with Crippen molar-refractivity contribution >= 4 is 17.4 Å². The molecule has 2 aromatic rings. The predicted molar refractivity (Wildman–Crippen MR) is 94.8 cm³/mol. The number of aromatic nitrogens is 1. The first-order chi connectivity index (χ1) is 11.9. The smallest absolute Gasteiger partial charge is 0.226 e. The lowest BCUT2D eigenvalue weighted by Gasteiger charge is -2.18. The number of carbonyl (C=O) groups excluding carboxylic acids is 1. The number of ether oxygens (including phenoxy) is 4. The van der Waals surface area contributed by atoms with E-state index in [4.69, 9.17) is 30.5 Å². The van der Waals surface area contributed by atoms with Gasteiger partial charge in [0, 0.05) is 6.20 Å². The Hall–Kier alpha value is -2.47. The number of methoxy groups -OCH3 is 4. The maximum absolute atomic E-state index is 13.3. The number of carbonyl (C=O) groups is 1. The predicted octanol–water partition coefficient (Wildman–Crippen LogP) is 3.62. The number of benzene rings is 1. The first-order valence-corrected chi connectivity index (χ1v) is 7.82. The van der Waals surface area contributed by atoms with Crippen LogP contribution in [0.5, 0.6) is 23.1 Å². The number of hydrogen-bond donors (Lipinski definition) is 0. The molecule has 25 heavy (non-hydrogen) atoms. The molecule has 7 heteroatoms. The average molecular weight is 366 g/mol. The average Bonchev–Trinajstić information content (AvgIpc) is 2.61. The van der Waals surface area contributed by atoms with E-state index in [0.29, 0.717) is 28.2 Å². The van der Waals surface area contributed by atoms with E-state index in [0.717, 1.165) is 0 Å². The third kappa shape index (κ3) is 3.22. The molecule has 0 spiro atoms. The fraction of sp³-hybridized carbons (Fsp3) is 0.333. The summed E-state index contributed by atoms with van der Waals surface area (Å²) in [6, 6.07) is 1.71. The lowest BCUT2D eigenvalue weighted by molar-refractivity contribution is 0.103. The van der Waals surface area contributed by atoms with Gasteiger partial charge in [0.05, 0.1) is 39.0 Å². The molecule has 6 nitrogen and oxygen atoms in total. The summed E-state index contributed by atoms with van der Waals surface area (Å²) >= 11 is 6.36. The maximum Gasteiger partial charge on any atom is 0.226 e. The van der Waals surface area contributed by atoms with E-state index >= 15 is 0 Å². The molecule has 1 heterocycles. The van der Waals surface area contributed by atoms with Crippen LogP contribution in [-0.2, 0) is 0 Å². The molecule has 0 amide bonds. The largest absolute Gasteiger partial charge is 0.493 e. The maximum atomic E-state index is 13.3. The van der Waals surface area contributed by atoms with Gasteiger partial charge in [0.2, 0.25) is 17.4 Å². The lowest BCUT2D eigenvalue weighted by atomic mass is 9.96. The summed E-state index contributed by atoms with van der Waals surface area (Å²) in [6.07, 6.45) is 1.55. The van der Waals surface area contributed by atoms with Crippen LogP contribution in [0.3, 0.4) is 0 Å². The summed E-state index contributed by atoms with van der Waals surface area (Å²) in [5.41, 5.74) is 1.81. The Kier molecular flexibility index (Phi) is 5.74. The van der Waals surface area contributed by atoms with Gasteiger partial charge >= 0.3 is 0 Å². The highest BCUT2D eigenvalue weighted by Gasteiger charge is 2.29. The summed E-state index contributed by atoms with van der Waals surface area (Å²) in [5, 5.41) is 0.285. The minimum Gasteiger partial charge on any atom is -0.493 e. The Bertz CT molecular complexity index is 820. The summed E-state index contributed by atoms with van der Waals surface area (Å²) in [5.74, 6) is 0.845. The summed E-state index contributed by atoms with van der Waals surface area (Å²) in [7, 11) is 5.89. The highest BCUT2D eigenvalue weighted by Crippen LogP contribution is 2.43. The lowest BCUT2D eigenvalue weighted by Crippen LogP contribution is -2.12. The first kappa shape index (κ1) is 18.9. The Morgan fingerprint density at radius 2 is 1.56 bits per heavy atom. The molecule has 0 fully saturated rings. The van der Waals surface area contributed by atoms with Gasteiger partial charge in [-0.25, -0.2) is 4.98 Å². The van der Waals surface area contributed by atoms with Crippen molar-refractivity contribution in [2.75, 3.05) is 28.4 Å². The van der Waals surface area contributed by atoms with Crippen LogP contribution in [0.15, 0.2) is 12.3 Å². The van der Waals surface area contributed by atoms with Crippen LogP contribution in [0.25, 0.3) is 0 Å². The van der Waals surface area contributed by atoms with E-state index in [1.165, 1.54) is 28.4 Å². The Labute approximate surface area is 151 Å². The molecule has 0 aliphatic carbocycles. The van der Waals surface area contributed by atoms with Gasteiger partial charge in [-0.2, -0.15) is 0 Å². The number of nitrogens with zero attached hydrogens (tertiary/aromatic N) is 1. The summed E-state index contributed by atoms with van der Waals surface area (Å²) in [6.45, 7) is 3.55. The molecule has 1 aromatic heterocycles. The van der Waals surface area contributed by atoms with Gasteiger partial charge in [-0.1, -0.05) is 11.6 Å². The minimum absolute atomic E-state index is 0.150. The second-order valence-corrected chi connectivity index (χ2v) is 5.68. The van der Waals surface area contributed by atoms with E-state index in [1.807, 2.05) is 0 Å². The van der Waals surface area contributed by atoms with E-state index in [1.54, 1.807) is 26.1 Å². The molecule has 2 rings (SSSR count). The van der Waals surface area contributed by atoms with Crippen molar-refractivity contribution in [2.24, 2.45) is 0 Å². The molecular weight excluding hydrogens is 346 g/mol. The molecular formula is C18H20ClNO5. The van der Waals surface area contributed by atoms with Gasteiger partial charge in [-0.3, -0.25) is 4.79 Å². The molecule has 134 valence electrons. The van der Waals surface area contributed by atoms with Gasteiger partial charge in [-0.05, 0) is 31.0 Å². The standard InChI is InChI=1S/C18H20ClNO5/c1-9-7-11(22-3)16(23-4)17(24-5)12(9)15(21)13-14(19)10(2)8-20-18(13)25-6/h7-8H,1-6H3. The molecule has 0 saturated carbocycles. The van der Waals surface area contributed by atoms with Crippen molar-refractivity contribution in [1.29, 1.82) is 0 Å². The van der Waals surface area contributed by atoms with Crippen molar-refractivity contribution in [3.05, 3.63) is 39.5 Å². The Morgan fingerprint density at radius 1 is 0.920 bits per heavy atom. The molecule has 0 unspecified atom stereocenters. The SMILES string of the molecule is COc1cc(C)c(C(=O)c2c(OC)ncc(C)c2Cl)c(OC)c1OC. The van der Waals surface area contributed by atoms with Gasteiger partial charge in [0.1, 0.15) is 5.56 Å². The Balaban J connectivity index is 2.79. The zero-order chi connectivity index (χ0) is 18.7. The summed E-state index contributed by atoms with van der Waals surface area (Å²) in [4.78, 5) is 17.4. The fourth-order valence-electron chi connectivity index (χ4n) is 2.61. The molecule has 0 aliphatic rings. The van der Waals surface area contributed by atoms with Crippen molar-refractivity contribution < 1.29 is 23.7 Å². The fourth-order valence-corrected chi connectivity index (χ4v) is 2.82.